The molecule has 21 aromatic rings. The van der Waals surface area contributed by atoms with Crippen LogP contribution < -0.4 is 0 Å². The lowest BCUT2D eigenvalue weighted by Gasteiger charge is -2.13. The van der Waals surface area contributed by atoms with E-state index in [-0.39, 0.29) is 0 Å². The number of hydrogen-bond acceptors (Lipinski definition) is 8. The van der Waals surface area contributed by atoms with Gasteiger partial charge in [-0.15, -0.1) is 22.7 Å². The Labute approximate surface area is 631 Å². The van der Waals surface area contributed by atoms with Gasteiger partial charge >= 0.3 is 0 Å². The van der Waals surface area contributed by atoms with Crippen LogP contribution in [0, 0.1) is 0 Å². The average Bonchev–Trinajstić information content (AvgIpc) is 1.54. The zero-order chi connectivity index (χ0) is 71.4. The van der Waals surface area contributed by atoms with Crippen LogP contribution in [0.4, 0.5) is 0 Å². The number of fused-ring (bicyclic) bond motifs is 12. The van der Waals surface area contributed by atoms with E-state index in [9.17, 15) is 0 Å². The van der Waals surface area contributed by atoms with Gasteiger partial charge in [-0.25, -0.2) is 29.9 Å². The van der Waals surface area contributed by atoms with Crippen molar-refractivity contribution in [3.05, 3.63) is 376 Å². The molecule has 0 aliphatic rings. The Balaban J connectivity index is 0.000000143. The molecular formula is C100H62N6S2. The molecule has 504 valence electrons. The molecule has 0 spiro atoms. The van der Waals surface area contributed by atoms with E-state index < -0.39 is 0 Å². The average molecular weight is 1410 g/mol. The second-order valence-electron chi connectivity index (χ2n) is 27.1. The molecule has 0 N–H and O–H groups in total. The van der Waals surface area contributed by atoms with Gasteiger partial charge in [-0.2, -0.15) is 0 Å². The third kappa shape index (κ3) is 11.8. The van der Waals surface area contributed by atoms with Crippen molar-refractivity contribution < 1.29 is 0 Å². The fourth-order valence-corrected chi connectivity index (χ4v) is 17.7. The van der Waals surface area contributed by atoms with Crippen LogP contribution in [0.25, 0.3) is 207 Å². The van der Waals surface area contributed by atoms with E-state index in [4.69, 9.17) is 29.9 Å². The lowest BCUT2D eigenvalue weighted by molar-refractivity contribution is 1.18. The highest BCUT2D eigenvalue weighted by atomic mass is 32.1. The summed E-state index contributed by atoms with van der Waals surface area (Å²) in [6, 6.07) is 133. The van der Waals surface area contributed by atoms with Crippen molar-refractivity contribution in [3.8, 4) is 124 Å². The molecule has 6 heterocycles. The first kappa shape index (κ1) is 63.9. The standard InChI is InChI=1S/C53H33N3S.C47H29N3S/c1-3-13-37(14-4-1)46-33-47(38-15-5-2-6-16-38)56-53(55-46)40-28-22-34(23-29-40)41-30-31-44-48(32-41)54-51(50-45-19-9-10-21-49(45)57-52(44)50)39-26-24-36(25-27-39)43-20-11-17-35-12-7-8-18-42(35)43;1-3-14-32(15-4-1)40-29-41(33-16-5-2-6-17-33)49-47(48-40)39-23-12-22-38-45(39)50-44(43-37-20-9-10-24-42(37)51-46(38)43)34-27-25-31(26-28-34)36-21-11-18-30-13-7-8-19-35(30)36/h1-33H;1-29H. The normalized spacial score (nSPS) is 11.5. The molecule has 6 aromatic heterocycles. The summed E-state index contributed by atoms with van der Waals surface area (Å²) in [6.45, 7) is 0. The van der Waals surface area contributed by atoms with E-state index in [1.54, 1.807) is 0 Å². The molecule has 0 saturated carbocycles. The number of benzene rings is 15. The highest BCUT2D eigenvalue weighted by Crippen LogP contribution is 2.47. The predicted octanol–water partition coefficient (Wildman–Crippen LogP) is 27.4. The first-order valence-corrected chi connectivity index (χ1v) is 37.9. The lowest BCUT2D eigenvalue weighted by atomic mass is 9.96. The third-order valence-electron chi connectivity index (χ3n) is 20.6. The Kier molecular flexibility index (Phi) is 16.2. The second-order valence-corrected chi connectivity index (χ2v) is 29.2. The highest BCUT2D eigenvalue weighted by Gasteiger charge is 2.23. The first-order chi connectivity index (χ1) is 53.5. The fourth-order valence-electron chi connectivity index (χ4n) is 15.3. The van der Waals surface area contributed by atoms with Crippen molar-refractivity contribution in [2.75, 3.05) is 0 Å². The molecule has 0 unspecified atom stereocenters. The molecule has 0 saturated heterocycles. The van der Waals surface area contributed by atoms with Crippen LogP contribution in [0.3, 0.4) is 0 Å². The van der Waals surface area contributed by atoms with Gasteiger partial charge in [-0.3, -0.25) is 0 Å². The Morgan fingerprint density at radius 2 is 0.546 bits per heavy atom. The summed E-state index contributed by atoms with van der Waals surface area (Å²) in [5.41, 5.74) is 22.8. The second kappa shape index (κ2) is 27.4. The minimum atomic E-state index is 0.658. The number of rotatable bonds is 11. The van der Waals surface area contributed by atoms with Crippen molar-refractivity contribution in [3.63, 3.8) is 0 Å². The summed E-state index contributed by atoms with van der Waals surface area (Å²) in [6.07, 6.45) is 0. The molecule has 21 rings (SSSR count). The largest absolute Gasteiger partial charge is 0.247 e. The highest BCUT2D eigenvalue weighted by molar-refractivity contribution is 7.27. The van der Waals surface area contributed by atoms with Crippen molar-refractivity contribution in [1.82, 2.24) is 29.9 Å². The number of thiophene rings is 2. The van der Waals surface area contributed by atoms with E-state index in [1.165, 1.54) is 89.5 Å². The van der Waals surface area contributed by atoms with Gasteiger partial charge in [0.25, 0.3) is 0 Å². The maximum absolute atomic E-state index is 5.56. The minimum absolute atomic E-state index is 0.658. The molecule has 108 heavy (non-hydrogen) atoms. The number of para-hydroxylation sites is 1. The lowest BCUT2D eigenvalue weighted by Crippen LogP contribution is -1.98. The maximum atomic E-state index is 5.56. The molecular weight excluding hydrogens is 1350 g/mol. The van der Waals surface area contributed by atoms with Crippen LogP contribution in [0.5, 0.6) is 0 Å². The van der Waals surface area contributed by atoms with Gasteiger partial charge in [0.15, 0.2) is 11.6 Å². The SMILES string of the molecule is c1ccc(-c2cc(-c3ccccc3)nc(-c3ccc(-c4ccc5c(c4)nc(-c4ccc(-c6cccc7ccccc67)cc4)c4c6ccccc6sc54)cc3)n2)cc1.c1ccc(-c2cc(-c3ccccc3)nc(-c3cccc4c3nc(-c3ccc(-c5cccc6ccccc56)cc3)c3c5ccccc5sc43)n2)cc1. The van der Waals surface area contributed by atoms with E-state index in [0.717, 1.165) is 106 Å². The predicted molar refractivity (Wildman–Crippen MR) is 455 cm³/mol. The maximum Gasteiger partial charge on any atom is 0.162 e. The molecule has 0 aliphatic heterocycles. The summed E-state index contributed by atoms with van der Waals surface area (Å²) in [5, 5.41) is 12.1. The quantitative estimate of drug-likeness (QED) is 0.128. The van der Waals surface area contributed by atoms with Gasteiger partial charge in [0.1, 0.15) is 0 Å². The summed E-state index contributed by atoms with van der Waals surface area (Å²) >= 11 is 3.67. The summed E-state index contributed by atoms with van der Waals surface area (Å²) in [7, 11) is 0. The topological polar surface area (TPSA) is 77.3 Å². The van der Waals surface area contributed by atoms with Crippen molar-refractivity contribution in [2.24, 2.45) is 0 Å². The van der Waals surface area contributed by atoms with Crippen LogP contribution in [-0.2, 0) is 0 Å². The Bertz CT molecular complexity index is 6880. The zero-order valence-corrected chi connectivity index (χ0v) is 59.9. The van der Waals surface area contributed by atoms with Crippen LogP contribution in [0.1, 0.15) is 0 Å². The molecule has 0 radical (unpaired) electrons. The van der Waals surface area contributed by atoms with Gasteiger partial charge < -0.3 is 0 Å². The van der Waals surface area contributed by atoms with E-state index in [0.29, 0.717) is 11.6 Å². The van der Waals surface area contributed by atoms with Gasteiger partial charge in [-0.05, 0) is 91.3 Å². The first-order valence-electron chi connectivity index (χ1n) is 36.3. The smallest absolute Gasteiger partial charge is 0.162 e. The zero-order valence-electron chi connectivity index (χ0n) is 58.3. The number of nitrogens with zero attached hydrogens (tertiary/aromatic N) is 6. The van der Waals surface area contributed by atoms with Gasteiger partial charge in [0.2, 0.25) is 0 Å². The molecule has 0 fully saturated rings. The van der Waals surface area contributed by atoms with Crippen LogP contribution >= 0.6 is 22.7 Å². The third-order valence-corrected chi connectivity index (χ3v) is 23.0. The van der Waals surface area contributed by atoms with Crippen LogP contribution in [0.15, 0.2) is 376 Å². The summed E-state index contributed by atoms with van der Waals surface area (Å²) < 4.78 is 5.00. The number of aromatic nitrogens is 6. The Morgan fingerprint density at radius 1 is 0.194 bits per heavy atom. The van der Waals surface area contributed by atoms with Crippen molar-refractivity contribution >= 4 is 106 Å². The Hall–Kier alpha value is -13.8. The fraction of sp³-hybridized carbons (Fsp3) is 0. The molecule has 6 nitrogen and oxygen atoms in total. The van der Waals surface area contributed by atoms with Crippen molar-refractivity contribution in [2.45, 2.75) is 0 Å². The van der Waals surface area contributed by atoms with E-state index in [2.05, 4.69) is 328 Å². The van der Waals surface area contributed by atoms with Crippen LogP contribution in [-0.4, -0.2) is 29.9 Å². The molecule has 8 heteroatoms. The van der Waals surface area contributed by atoms with Crippen LogP contribution in [0.2, 0.25) is 0 Å². The molecule has 0 bridgehead atoms. The molecule has 0 atom stereocenters. The van der Waals surface area contributed by atoms with E-state index >= 15 is 0 Å². The summed E-state index contributed by atoms with van der Waals surface area (Å²) in [4.78, 5) is 31.5. The van der Waals surface area contributed by atoms with Gasteiger partial charge in [0, 0.05) is 95.6 Å². The minimum Gasteiger partial charge on any atom is -0.247 e. The van der Waals surface area contributed by atoms with Gasteiger partial charge in [-0.1, -0.05) is 340 Å². The molecule has 15 aromatic carbocycles. The van der Waals surface area contributed by atoms with Gasteiger partial charge in [0.05, 0.1) is 45.2 Å². The number of pyridine rings is 2. The van der Waals surface area contributed by atoms with Crippen molar-refractivity contribution in [1.29, 1.82) is 0 Å². The molecule has 0 aliphatic carbocycles. The monoisotopic (exact) mass is 1410 g/mol. The number of hydrogen-bond donors (Lipinski definition) is 0. The molecule has 0 amide bonds. The Morgan fingerprint density at radius 3 is 1.04 bits per heavy atom. The van der Waals surface area contributed by atoms with E-state index in [1.807, 2.05) is 71.2 Å². The summed E-state index contributed by atoms with van der Waals surface area (Å²) in [5.74, 6) is 1.36.